The van der Waals surface area contributed by atoms with Crippen molar-refractivity contribution >= 4 is 35.2 Å². The Morgan fingerprint density at radius 3 is 3.12 bits per heavy atom. The van der Waals surface area contributed by atoms with E-state index in [9.17, 15) is 4.79 Å². The van der Waals surface area contributed by atoms with Crippen LogP contribution >= 0.6 is 23.4 Å². The number of carbonyl (C=O) groups excluding carboxylic acids is 1. The van der Waals surface area contributed by atoms with Gasteiger partial charge in [-0.25, -0.2) is 4.98 Å². The second-order valence-electron chi connectivity index (χ2n) is 3.61. The summed E-state index contributed by atoms with van der Waals surface area (Å²) < 4.78 is 4.95. The van der Waals surface area contributed by atoms with E-state index in [2.05, 4.69) is 15.3 Å². The fourth-order valence-electron chi connectivity index (χ4n) is 1.51. The van der Waals surface area contributed by atoms with Gasteiger partial charge in [0.25, 0.3) is 0 Å². The largest absolute Gasteiger partial charge is 0.481 e. The van der Waals surface area contributed by atoms with Crippen molar-refractivity contribution in [2.45, 2.75) is 6.42 Å². The molecule has 2 rings (SSSR count). The Kier molecular flexibility index (Phi) is 4.06. The Morgan fingerprint density at radius 1 is 1.65 bits per heavy atom. The molecule has 0 saturated carbocycles. The molecule has 0 aliphatic carbocycles. The van der Waals surface area contributed by atoms with Crippen LogP contribution in [0.5, 0.6) is 5.88 Å². The summed E-state index contributed by atoms with van der Waals surface area (Å²) in [6, 6.07) is 1.49. The van der Waals surface area contributed by atoms with E-state index in [1.54, 1.807) is 11.8 Å². The number of amides is 1. The standard InChI is InChI=1S/C10H12ClN3O2S/c1-16-8-4-7(11)12-10(13-8)14-9(15)6-2-3-17-5-6/h4,6H,2-3,5H2,1H3,(H,12,13,14,15). The van der Waals surface area contributed by atoms with Gasteiger partial charge in [-0.1, -0.05) is 11.6 Å². The molecular formula is C10H12ClN3O2S. The molecule has 0 radical (unpaired) electrons. The minimum atomic E-state index is -0.0562. The predicted molar refractivity (Wildman–Crippen MR) is 67.7 cm³/mol. The molecule has 1 aliphatic rings. The van der Waals surface area contributed by atoms with E-state index in [0.717, 1.165) is 17.9 Å². The van der Waals surface area contributed by atoms with Crippen molar-refractivity contribution in [1.82, 2.24) is 9.97 Å². The number of carbonyl (C=O) groups is 1. The first-order valence-electron chi connectivity index (χ1n) is 5.16. The summed E-state index contributed by atoms with van der Waals surface area (Å²) in [5.41, 5.74) is 0. The van der Waals surface area contributed by atoms with E-state index in [1.165, 1.54) is 13.2 Å². The normalized spacial score (nSPS) is 19.1. The van der Waals surface area contributed by atoms with Crippen molar-refractivity contribution in [3.63, 3.8) is 0 Å². The second kappa shape index (κ2) is 5.55. The monoisotopic (exact) mass is 273 g/mol. The third-order valence-electron chi connectivity index (χ3n) is 2.42. The third-order valence-corrected chi connectivity index (χ3v) is 3.77. The molecule has 1 N–H and O–H groups in total. The summed E-state index contributed by atoms with van der Waals surface area (Å²) in [6.45, 7) is 0. The maximum atomic E-state index is 11.8. The Labute approximate surface area is 108 Å². The van der Waals surface area contributed by atoms with Gasteiger partial charge in [0.2, 0.25) is 17.7 Å². The molecule has 1 unspecified atom stereocenters. The van der Waals surface area contributed by atoms with Gasteiger partial charge in [0.05, 0.1) is 7.11 Å². The van der Waals surface area contributed by atoms with Crippen LogP contribution in [0.4, 0.5) is 5.95 Å². The van der Waals surface area contributed by atoms with Gasteiger partial charge in [-0.15, -0.1) is 0 Å². The molecule has 2 heterocycles. The lowest BCUT2D eigenvalue weighted by Crippen LogP contribution is -2.23. The number of rotatable bonds is 3. The molecule has 1 aliphatic heterocycles. The van der Waals surface area contributed by atoms with Crippen LogP contribution in [0.25, 0.3) is 0 Å². The zero-order valence-corrected chi connectivity index (χ0v) is 10.8. The number of anilines is 1. The van der Waals surface area contributed by atoms with Crippen LogP contribution < -0.4 is 10.1 Å². The lowest BCUT2D eigenvalue weighted by molar-refractivity contribution is -0.119. The van der Waals surface area contributed by atoms with E-state index in [4.69, 9.17) is 16.3 Å². The second-order valence-corrected chi connectivity index (χ2v) is 5.14. The molecule has 0 bridgehead atoms. The number of methoxy groups -OCH3 is 1. The van der Waals surface area contributed by atoms with Crippen molar-refractivity contribution in [1.29, 1.82) is 0 Å². The number of nitrogens with one attached hydrogen (secondary N) is 1. The van der Waals surface area contributed by atoms with Crippen molar-refractivity contribution in [3.05, 3.63) is 11.2 Å². The smallest absolute Gasteiger partial charge is 0.234 e. The van der Waals surface area contributed by atoms with Gasteiger partial charge in [0.15, 0.2) is 0 Å². The maximum Gasteiger partial charge on any atom is 0.234 e. The highest BCUT2D eigenvalue weighted by Crippen LogP contribution is 2.24. The van der Waals surface area contributed by atoms with Gasteiger partial charge in [-0.2, -0.15) is 16.7 Å². The average Bonchev–Trinajstić information content (AvgIpc) is 2.81. The number of hydrogen-bond donors (Lipinski definition) is 1. The molecule has 5 nitrogen and oxygen atoms in total. The summed E-state index contributed by atoms with van der Waals surface area (Å²) in [7, 11) is 1.48. The highest BCUT2D eigenvalue weighted by Gasteiger charge is 2.23. The fraction of sp³-hybridized carbons (Fsp3) is 0.500. The van der Waals surface area contributed by atoms with E-state index < -0.39 is 0 Å². The molecule has 92 valence electrons. The summed E-state index contributed by atoms with van der Waals surface area (Å²) in [5.74, 6) is 2.38. The van der Waals surface area contributed by atoms with Gasteiger partial charge in [-0.3, -0.25) is 10.1 Å². The summed E-state index contributed by atoms with van der Waals surface area (Å²) in [5, 5.41) is 2.90. The van der Waals surface area contributed by atoms with Crippen LogP contribution in [-0.4, -0.2) is 34.5 Å². The Balaban J connectivity index is 2.06. The zero-order valence-electron chi connectivity index (χ0n) is 9.27. The van der Waals surface area contributed by atoms with Crippen LogP contribution in [0.1, 0.15) is 6.42 Å². The number of nitrogens with zero attached hydrogens (tertiary/aromatic N) is 2. The molecule has 1 aromatic heterocycles. The summed E-state index contributed by atoms with van der Waals surface area (Å²) >= 11 is 7.56. The van der Waals surface area contributed by atoms with Crippen molar-refractivity contribution in [2.75, 3.05) is 23.9 Å². The molecule has 1 aromatic rings. The minimum Gasteiger partial charge on any atom is -0.481 e. The van der Waals surface area contributed by atoms with Crippen LogP contribution in [0.3, 0.4) is 0 Å². The summed E-state index contributed by atoms with van der Waals surface area (Å²) in [6.07, 6.45) is 0.897. The Morgan fingerprint density at radius 2 is 2.47 bits per heavy atom. The van der Waals surface area contributed by atoms with Gasteiger partial charge in [-0.05, 0) is 12.2 Å². The fourth-order valence-corrected chi connectivity index (χ4v) is 2.90. The van der Waals surface area contributed by atoms with Gasteiger partial charge in [0.1, 0.15) is 5.15 Å². The van der Waals surface area contributed by atoms with Crippen LogP contribution in [-0.2, 0) is 4.79 Å². The van der Waals surface area contributed by atoms with Crippen molar-refractivity contribution in [2.24, 2.45) is 5.92 Å². The molecule has 1 saturated heterocycles. The molecule has 17 heavy (non-hydrogen) atoms. The lowest BCUT2D eigenvalue weighted by atomic mass is 10.1. The SMILES string of the molecule is COc1cc(Cl)nc(NC(=O)C2CCSC2)n1. The molecule has 7 heteroatoms. The highest BCUT2D eigenvalue weighted by atomic mass is 35.5. The zero-order chi connectivity index (χ0) is 12.3. The van der Waals surface area contributed by atoms with Gasteiger partial charge >= 0.3 is 0 Å². The molecular weight excluding hydrogens is 262 g/mol. The molecule has 1 amide bonds. The van der Waals surface area contributed by atoms with Gasteiger partial charge < -0.3 is 4.74 Å². The minimum absolute atomic E-state index is 0.0357. The first-order chi connectivity index (χ1) is 8.19. The molecule has 1 atom stereocenters. The van der Waals surface area contributed by atoms with Crippen molar-refractivity contribution in [3.8, 4) is 5.88 Å². The van der Waals surface area contributed by atoms with Crippen LogP contribution in [0, 0.1) is 5.92 Å². The molecule has 0 aromatic carbocycles. The number of hydrogen-bond acceptors (Lipinski definition) is 5. The topological polar surface area (TPSA) is 64.1 Å². The average molecular weight is 274 g/mol. The highest BCUT2D eigenvalue weighted by molar-refractivity contribution is 7.99. The van der Waals surface area contributed by atoms with Crippen LogP contribution in [0.15, 0.2) is 6.07 Å². The Bertz CT molecular complexity index is 424. The number of ether oxygens (including phenoxy) is 1. The van der Waals surface area contributed by atoms with E-state index in [1.807, 2.05) is 0 Å². The number of aromatic nitrogens is 2. The van der Waals surface area contributed by atoms with E-state index in [0.29, 0.717) is 5.88 Å². The molecule has 0 spiro atoms. The predicted octanol–water partition coefficient (Wildman–Crippen LogP) is 1.83. The lowest BCUT2D eigenvalue weighted by Gasteiger charge is -2.09. The number of halogens is 1. The Hall–Kier alpha value is -1.01. The third kappa shape index (κ3) is 3.23. The summed E-state index contributed by atoms with van der Waals surface area (Å²) in [4.78, 5) is 19.8. The van der Waals surface area contributed by atoms with Gasteiger partial charge in [0, 0.05) is 17.7 Å². The quantitative estimate of drug-likeness (QED) is 0.851. The van der Waals surface area contributed by atoms with E-state index >= 15 is 0 Å². The van der Waals surface area contributed by atoms with E-state index in [-0.39, 0.29) is 22.9 Å². The van der Waals surface area contributed by atoms with Crippen LogP contribution in [0.2, 0.25) is 5.15 Å². The number of thioether (sulfide) groups is 1. The maximum absolute atomic E-state index is 11.8. The first-order valence-corrected chi connectivity index (χ1v) is 6.69. The molecule has 1 fully saturated rings. The first kappa shape index (κ1) is 12.4. The van der Waals surface area contributed by atoms with Crippen molar-refractivity contribution < 1.29 is 9.53 Å².